The quantitative estimate of drug-likeness (QED) is 0.280. The standard InChI is InChI=1S/C29H24ClN7O2/c1-17(28-36-24-13-7-11-22(30)25(24)29(39)37(28)20-9-4-3-5-10-20)34-27-21(26(31)32-16-33-27)15-14-19-8-6-12-23(35-19)18(2)38/h3-13,16-18,38H,1-2H3,(H3,31,32,33,34). The number of pyridine rings is 1. The van der Waals surface area contributed by atoms with Crippen molar-refractivity contribution in [2.24, 2.45) is 0 Å². The van der Waals surface area contributed by atoms with E-state index < -0.39 is 12.1 Å². The molecule has 0 amide bonds. The molecule has 3 aromatic heterocycles. The van der Waals surface area contributed by atoms with Gasteiger partial charge in [0, 0.05) is 0 Å². The number of nitrogen functional groups attached to an aromatic ring is 1. The van der Waals surface area contributed by atoms with Crippen LogP contribution in [0.15, 0.2) is 77.9 Å². The van der Waals surface area contributed by atoms with E-state index in [-0.39, 0.29) is 11.4 Å². The molecule has 0 aliphatic heterocycles. The Morgan fingerprint density at radius 2 is 1.74 bits per heavy atom. The van der Waals surface area contributed by atoms with Gasteiger partial charge < -0.3 is 16.2 Å². The number of aliphatic hydroxyl groups excluding tert-OH is 1. The molecule has 0 saturated heterocycles. The molecule has 5 aromatic rings. The number of hydrogen-bond acceptors (Lipinski definition) is 8. The van der Waals surface area contributed by atoms with Crippen molar-refractivity contribution >= 4 is 34.1 Å². The summed E-state index contributed by atoms with van der Waals surface area (Å²) in [6.07, 6.45) is 0.612. The lowest BCUT2D eigenvalue weighted by molar-refractivity contribution is 0.194. The summed E-state index contributed by atoms with van der Waals surface area (Å²) in [4.78, 5) is 31.3. The Bertz CT molecular complexity index is 1790. The van der Waals surface area contributed by atoms with E-state index in [1.165, 1.54) is 10.9 Å². The maximum atomic E-state index is 13.7. The average molecular weight is 538 g/mol. The molecule has 5 rings (SSSR count). The van der Waals surface area contributed by atoms with Gasteiger partial charge in [-0.25, -0.2) is 19.9 Å². The highest BCUT2D eigenvalue weighted by atomic mass is 35.5. The molecule has 194 valence electrons. The van der Waals surface area contributed by atoms with Crippen molar-refractivity contribution < 1.29 is 5.11 Å². The Morgan fingerprint density at radius 3 is 2.51 bits per heavy atom. The van der Waals surface area contributed by atoms with Crippen LogP contribution in [-0.4, -0.2) is 29.6 Å². The van der Waals surface area contributed by atoms with Gasteiger partial charge in [0.25, 0.3) is 5.56 Å². The third-order valence-electron chi connectivity index (χ3n) is 6.02. The summed E-state index contributed by atoms with van der Waals surface area (Å²) >= 11 is 6.40. The van der Waals surface area contributed by atoms with E-state index in [0.29, 0.717) is 50.2 Å². The predicted molar refractivity (Wildman–Crippen MR) is 152 cm³/mol. The molecular formula is C29H24ClN7O2. The van der Waals surface area contributed by atoms with E-state index in [1.54, 1.807) is 43.3 Å². The second-order valence-electron chi connectivity index (χ2n) is 8.80. The largest absolute Gasteiger partial charge is 0.387 e. The molecule has 0 bridgehead atoms. The fraction of sp³-hybridized carbons (Fsp3) is 0.138. The summed E-state index contributed by atoms with van der Waals surface area (Å²) in [5, 5.41) is 13.8. The van der Waals surface area contributed by atoms with Crippen LogP contribution in [0.2, 0.25) is 5.02 Å². The van der Waals surface area contributed by atoms with Crippen LogP contribution in [0.4, 0.5) is 11.6 Å². The Morgan fingerprint density at radius 1 is 0.974 bits per heavy atom. The van der Waals surface area contributed by atoms with Crippen LogP contribution in [0.3, 0.4) is 0 Å². The molecule has 3 heterocycles. The van der Waals surface area contributed by atoms with E-state index in [9.17, 15) is 9.90 Å². The second-order valence-corrected chi connectivity index (χ2v) is 9.21. The first kappa shape index (κ1) is 25.9. The zero-order chi connectivity index (χ0) is 27.5. The Kier molecular flexibility index (Phi) is 7.23. The summed E-state index contributed by atoms with van der Waals surface area (Å²) in [5.41, 5.74) is 8.35. The molecule has 39 heavy (non-hydrogen) atoms. The third kappa shape index (κ3) is 5.29. The van der Waals surface area contributed by atoms with Crippen molar-refractivity contribution in [3.63, 3.8) is 0 Å². The van der Waals surface area contributed by atoms with Crippen molar-refractivity contribution in [1.29, 1.82) is 0 Å². The van der Waals surface area contributed by atoms with Gasteiger partial charge in [0.15, 0.2) is 0 Å². The lowest BCUT2D eigenvalue weighted by Gasteiger charge is -2.21. The van der Waals surface area contributed by atoms with Crippen LogP contribution >= 0.6 is 11.6 Å². The molecule has 0 aliphatic carbocycles. The summed E-state index contributed by atoms with van der Waals surface area (Å²) in [6.45, 7) is 3.50. The fourth-order valence-corrected chi connectivity index (χ4v) is 4.36. The van der Waals surface area contributed by atoms with Crippen LogP contribution in [0.1, 0.15) is 48.8 Å². The average Bonchev–Trinajstić information content (AvgIpc) is 2.93. The molecule has 0 aliphatic rings. The minimum absolute atomic E-state index is 0.178. The van der Waals surface area contributed by atoms with Gasteiger partial charge in [0.1, 0.15) is 35.0 Å². The molecular weight excluding hydrogens is 514 g/mol. The van der Waals surface area contributed by atoms with Gasteiger partial charge in [-0.1, -0.05) is 47.9 Å². The lowest BCUT2D eigenvalue weighted by atomic mass is 10.2. The van der Waals surface area contributed by atoms with E-state index in [1.807, 2.05) is 37.3 Å². The number of para-hydroxylation sites is 1. The molecule has 10 heteroatoms. The molecule has 0 fully saturated rings. The Balaban J connectivity index is 1.59. The summed E-state index contributed by atoms with van der Waals surface area (Å²) in [5.74, 6) is 6.97. The number of aliphatic hydroxyl groups is 1. The molecule has 9 nitrogen and oxygen atoms in total. The maximum absolute atomic E-state index is 13.7. The topological polar surface area (TPSA) is 132 Å². The lowest BCUT2D eigenvalue weighted by Crippen LogP contribution is -2.27. The van der Waals surface area contributed by atoms with Gasteiger partial charge in [-0.15, -0.1) is 0 Å². The normalized spacial score (nSPS) is 12.4. The smallest absolute Gasteiger partial charge is 0.267 e. The van der Waals surface area contributed by atoms with E-state index in [4.69, 9.17) is 22.3 Å². The van der Waals surface area contributed by atoms with Crippen LogP contribution < -0.4 is 16.6 Å². The number of hydrogen-bond donors (Lipinski definition) is 3. The maximum Gasteiger partial charge on any atom is 0.267 e. The van der Waals surface area contributed by atoms with E-state index in [0.717, 1.165) is 0 Å². The zero-order valence-corrected chi connectivity index (χ0v) is 21.9. The molecule has 2 aromatic carbocycles. The first-order valence-electron chi connectivity index (χ1n) is 12.1. The first-order chi connectivity index (χ1) is 18.8. The summed E-state index contributed by atoms with van der Waals surface area (Å²) in [6, 6.07) is 19.1. The fourth-order valence-electron chi connectivity index (χ4n) is 4.11. The number of fused-ring (bicyclic) bond motifs is 1. The molecule has 0 saturated carbocycles. The molecule has 2 atom stereocenters. The minimum Gasteiger partial charge on any atom is -0.387 e. The number of nitrogens with two attached hydrogens (primary N) is 1. The Labute approximate surface area is 229 Å². The van der Waals surface area contributed by atoms with Gasteiger partial charge in [-0.05, 0) is 56.2 Å². The number of nitrogens with one attached hydrogen (secondary N) is 1. The van der Waals surface area contributed by atoms with E-state index >= 15 is 0 Å². The summed E-state index contributed by atoms with van der Waals surface area (Å²) in [7, 11) is 0. The van der Waals surface area contributed by atoms with Crippen molar-refractivity contribution in [3.05, 3.63) is 111 Å². The van der Waals surface area contributed by atoms with Crippen LogP contribution in [0.25, 0.3) is 16.6 Å². The number of halogens is 1. The number of nitrogens with zero attached hydrogens (tertiary/aromatic N) is 5. The molecule has 2 unspecified atom stereocenters. The van der Waals surface area contributed by atoms with Crippen LogP contribution in [0, 0.1) is 11.8 Å². The number of rotatable bonds is 5. The molecule has 0 radical (unpaired) electrons. The van der Waals surface area contributed by atoms with E-state index in [2.05, 4.69) is 32.1 Å². The minimum atomic E-state index is -0.721. The van der Waals surface area contributed by atoms with Crippen molar-refractivity contribution in [2.45, 2.75) is 26.0 Å². The number of anilines is 2. The van der Waals surface area contributed by atoms with Crippen LogP contribution in [-0.2, 0) is 0 Å². The second kappa shape index (κ2) is 10.9. The van der Waals surface area contributed by atoms with Crippen molar-refractivity contribution in [1.82, 2.24) is 24.5 Å². The zero-order valence-electron chi connectivity index (χ0n) is 21.1. The molecule has 0 spiro atoms. The number of benzene rings is 2. The van der Waals surface area contributed by atoms with Crippen molar-refractivity contribution in [3.8, 4) is 17.5 Å². The predicted octanol–water partition coefficient (Wildman–Crippen LogP) is 4.43. The van der Waals surface area contributed by atoms with Gasteiger partial charge in [0.2, 0.25) is 0 Å². The highest BCUT2D eigenvalue weighted by molar-refractivity contribution is 6.35. The number of aromatic nitrogens is 5. The SMILES string of the molecule is CC(O)c1cccc(C#Cc2c(N)ncnc2NC(C)c2nc3cccc(Cl)c3c(=O)n2-c2ccccc2)n1. The van der Waals surface area contributed by atoms with Gasteiger partial charge in [0.05, 0.1) is 39.5 Å². The monoisotopic (exact) mass is 537 g/mol. The van der Waals surface area contributed by atoms with Gasteiger partial charge in [-0.3, -0.25) is 9.36 Å². The highest BCUT2D eigenvalue weighted by Gasteiger charge is 2.21. The molecule has 4 N–H and O–H groups in total. The van der Waals surface area contributed by atoms with Gasteiger partial charge in [-0.2, -0.15) is 0 Å². The van der Waals surface area contributed by atoms with Crippen molar-refractivity contribution in [2.75, 3.05) is 11.1 Å². The van der Waals surface area contributed by atoms with Crippen LogP contribution in [0.5, 0.6) is 0 Å². The highest BCUT2D eigenvalue weighted by Crippen LogP contribution is 2.26. The Hall–Kier alpha value is -4.78. The third-order valence-corrected chi connectivity index (χ3v) is 6.33. The van der Waals surface area contributed by atoms with Gasteiger partial charge >= 0.3 is 0 Å². The summed E-state index contributed by atoms with van der Waals surface area (Å²) < 4.78 is 1.53. The first-order valence-corrected chi connectivity index (χ1v) is 12.5.